The summed E-state index contributed by atoms with van der Waals surface area (Å²) in [5.74, 6) is -3.47. The minimum atomic E-state index is -5.33. The molecule has 1 amide bonds. The molecule has 0 saturated heterocycles. The third-order valence-electron chi connectivity index (χ3n) is 2.33. The molecule has 0 unspecified atom stereocenters. The summed E-state index contributed by atoms with van der Waals surface area (Å²) in [6.45, 7) is -5.33. The molecule has 1 aromatic carbocycles. The maximum atomic E-state index is 13.4. The van der Waals surface area contributed by atoms with Crippen LogP contribution in [0, 0.1) is 5.82 Å². The van der Waals surface area contributed by atoms with Crippen molar-refractivity contribution in [2.75, 3.05) is 11.3 Å². The van der Waals surface area contributed by atoms with Gasteiger partial charge >= 0.3 is 58.4 Å². The van der Waals surface area contributed by atoms with Gasteiger partial charge in [-0.25, -0.2) is 4.39 Å². The number of ketones is 1. The molecule has 18 heavy (non-hydrogen) atoms. The molecule has 0 aliphatic carbocycles. The van der Waals surface area contributed by atoms with Crippen molar-refractivity contribution in [1.82, 2.24) is 0 Å². The van der Waals surface area contributed by atoms with E-state index >= 15 is 0 Å². The van der Waals surface area contributed by atoms with E-state index in [1.165, 1.54) is 6.07 Å². The van der Waals surface area contributed by atoms with Crippen LogP contribution >= 0.6 is 0 Å². The minimum absolute atomic E-state index is 0. The quantitative estimate of drug-likeness (QED) is 0.387. The number of halogens is 4. The Balaban J connectivity index is 0.00000162. The fourth-order valence-electron chi connectivity index (χ4n) is 1.69. The van der Waals surface area contributed by atoms with Gasteiger partial charge in [-0.15, -0.1) is 0 Å². The first-order valence-corrected chi connectivity index (χ1v) is 4.67. The zero-order valence-corrected chi connectivity index (χ0v) is 12.4. The number of hydrogen-bond donors (Lipinski definition) is 0. The van der Waals surface area contributed by atoms with E-state index < -0.39 is 36.6 Å². The second-order valence-electron chi connectivity index (χ2n) is 3.59. The first-order chi connectivity index (χ1) is 7.81. The zero-order chi connectivity index (χ0) is 12.8. The standard InChI is InChI=1S/C9H5BF4NO2.K/c11-6-3-1-2-5-7(6)15(4-10(12,13)14)9(17)8(5)16;/h1-3H,4H2;/q-1;+1. The summed E-state index contributed by atoms with van der Waals surface area (Å²) in [7, 11) is 0. The Hall–Kier alpha value is -0.219. The van der Waals surface area contributed by atoms with Crippen LogP contribution in [0.2, 0.25) is 0 Å². The van der Waals surface area contributed by atoms with Gasteiger partial charge in [-0.1, -0.05) is 6.07 Å². The summed E-state index contributed by atoms with van der Waals surface area (Å²) in [5, 5.41) is 0. The van der Waals surface area contributed by atoms with Gasteiger partial charge in [0.1, 0.15) is 5.82 Å². The van der Waals surface area contributed by atoms with E-state index in [1.54, 1.807) is 0 Å². The number of benzene rings is 1. The molecule has 0 atom stereocenters. The SMILES string of the molecule is O=C1C(=O)N(C[B-](F)(F)F)c2c(F)cccc21.[K+]. The number of hydrogen-bond acceptors (Lipinski definition) is 2. The Kier molecular flexibility index (Phi) is 4.76. The topological polar surface area (TPSA) is 37.4 Å². The predicted octanol–water partition coefficient (Wildman–Crippen LogP) is -1.25. The van der Waals surface area contributed by atoms with Crippen molar-refractivity contribution < 1.29 is 78.3 Å². The molecule has 9 heteroatoms. The van der Waals surface area contributed by atoms with E-state index in [0.717, 1.165) is 12.1 Å². The molecule has 0 spiro atoms. The Morgan fingerprint density at radius 1 is 1.17 bits per heavy atom. The van der Waals surface area contributed by atoms with Crippen LogP contribution in [0.4, 0.5) is 23.0 Å². The molecule has 1 aliphatic rings. The molecule has 90 valence electrons. The summed E-state index contributed by atoms with van der Waals surface area (Å²) in [4.78, 5) is 22.8. The van der Waals surface area contributed by atoms with E-state index in [2.05, 4.69) is 0 Å². The average molecular weight is 285 g/mol. The predicted molar refractivity (Wildman–Crippen MR) is 52.2 cm³/mol. The van der Waals surface area contributed by atoms with Crippen molar-refractivity contribution in [1.29, 1.82) is 0 Å². The molecule has 0 saturated carbocycles. The Labute approximate surface area is 142 Å². The summed E-state index contributed by atoms with van der Waals surface area (Å²) in [6, 6.07) is 3.20. The van der Waals surface area contributed by atoms with E-state index in [0.29, 0.717) is 0 Å². The molecular formula is C9H5BF4KNO2. The molecule has 0 N–H and O–H groups in total. The smallest absolute Gasteiger partial charge is 0.448 e. The number of Topliss-reactive ketones (excluding diaryl/α,β-unsaturated/α-hetero) is 1. The van der Waals surface area contributed by atoms with Gasteiger partial charge < -0.3 is 17.8 Å². The van der Waals surface area contributed by atoms with Gasteiger partial charge in [-0.05, 0) is 18.6 Å². The van der Waals surface area contributed by atoms with Crippen molar-refractivity contribution in [3.8, 4) is 0 Å². The summed E-state index contributed by atoms with van der Waals surface area (Å²) >= 11 is 0. The van der Waals surface area contributed by atoms with Gasteiger partial charge in [0.05, 0.1) is 11.3 Å². The number of carbonyl (C=O) groups excluding carboxylic acids is 2. The number of para-hydroxylation sites is 1. The molecule has 1 aromatic rings. The van der Waals surface area contributed by atoms with E-state index in [-0.39, 0.29) is 61.8 Å². The van der Waals surface area contributed by atoms with Gasteiger partial charge in [0.2, 0.25) is 0 Å². The number of rotatable bonds is 2. The van der Waals surface area contributed by atoms with E-state index in [9.17, 15) is 26.9 Å². The molecule has 1 aliphatic heterocycles. The maximum Gasteiger partial charge on any atom is 1.00 e. The van der Waals surface area contributed by atoms with Gasteiger partial charge in [0.25, 0.3) is 11.7 Å². The number of carbonyl (C=O) groups is 2. The van der Waals surface area contributed by atoms with Gasteiger partial charge in [-0.3, -0.25) is 9.59 Å². The second kappa shape index (κ2) is 5.42. The van der Waals surface area contributed by atoms with E-state index in [4.69, 9.17) is 0 Å². The minimum Gasteiger partial charge on any atom is -0.448 e. The zero-order valence-electron chi connectivity index (χ0n) is 9.29. The van der Waals surface area contributed by atoms with Crippen LogP contribution in [-0.2, 0) is 4.79 Å². The normalized spacial score (nSPS) is 14.6. The van der Waals surface area contributed by atoms with Gasteiger partial charge in [0.15, 0.2) is 0 Å². The van der Waals surface area contributed by atoms with E-state index in [1.807, 2.05) is 0 Å². The van der Waals surface area contributed by atoms with Crippen LogP contribution in [0.25, 0.3) is 0 Å². The first-order valence-electron chi connectivity index (χ1n) is 4.67. The number of fused-ring (bicyclic) bond motifs is 1. The fourth-order valence-corrected chi connectivity index (χ4v) is 1.69. The Morgan fingerprint density at radius 3 is 2.33 bits per heavy atom. The van der Waals surface area contributed by atoms with Crippen LogP contribution < -0.4 is 56.3 Å². The molecule has 0 aromatic heterocycles. The van der Waals surface area contributed by atoms with Crippen molar-refractivity contribution in [3.63, 3.8) is 0 Å². The van der Waals surface area contributed by atoms with Crippen LogP contribution in [0.5, 0.6) is 0 Å². The largest absolute Gasteiger partial charge is 1.00 e. The maximum absolute atomic E-state index is 13.4. The van der Waals surface area contributed by atoms with Crippen molar-refractivity contribution in [2.45, 2.75) is 0 Å². The number of anilines is 1. The third-order valence-corrected chi connectivity index (χ3v) is 2.33. The summed E-state index contributed by atoms with van der Waals surface area (Å²) in [5.41, 5.74) is -0.906. The monoisotopic (exact) mass is 285 g/mol. The third kappa shape index (κ3) is 2.85. The summed E-state index contributed by atoms with van der Waals surface area (Å²) < 4.78 is 50.2. The number of amides is 1. The Bertz CT molecular complexity index is 520. The Morgan fingerprint density at radius 2 is 1.78 bits per heavy atom. The molecule has 0 bridgehead atoms. The van der Waals surface area contributed by atoms with Crippen molar-refractivity contribution in [3.05, 3.63) is 29.6 Å². The molecule has 0 fully saturated rings. The van der Waals surface area contributed by atoms with Gasteiger partial charge in [0, 0.05) is 0 Å². The molecule has 2 rings (SSSR count). The average Bonchev–Trinajstić information content (AvgIpc) is 2.43. The fraction of sp³-hybridized carbons (Fsp3) is 0.111. The molecular weight excluding hydrogens is 280 g/mol. The van der Waals surface area contributed by atoms with Crippen molar-refractivity contribution in [2.24, 2.45) is 0 Å². The first kappa shape index (κ1) is 15.8. The molecule has 0 radical (unpaired) electrons. The number of nitrogens with zero attached hydrogens (tertiary/aromatic N) is 1. The molecule has 3 nitrogen and oxygen atoms in total. The van der Waals surface area contributed by atoms with Gasteiger partial charge in [-0.2, -0.15) is 0 Å². The second-order valence-corrected chi connectivity index (χ2v) is 3.59. The van der Waals surface area contributed by atoms with Crippen molar-refractivity contribution >= 4 is 24.4 Å². The van der Waals surface area contributed by atoms with Crippen LogP contribution in [-0.4, -0.2) is 25.1 Å². The molecule has 1 heterocycles. The van der Waals surface area contributed by atoms with Crippen LogP contribution in [0.3, 0.4) is 0 Å². The van der Waals surface area contributed by atoms with Crippen LogP contribution in [0.1, 0.15) is 10.4 Å². The summed E-state index contributed by atoms with van der Waals surface area (Å²) in [6.07, 6.45) is -1.61. The van der Waals surface area contributed by atoms with Crippen LogP contribution in [0.15, 0.2) is 18.2 Å².